The van der Waals surface area contributed by atoms with Gasteiger partial charge in [-0.1, -0.05) is 92.8 Å². The normalized spacial score (nSPS) is 13.9. The van der Waals surface area contributed by atoms with E-state index in [0.717, 1.165) is 0 Å². The van der Waals surface area contributed by atoms with Crippen LogP contribution in [0.15, 0.2) is 0 Å². The van der Waals surface area contributed by atoms with Gasteiger partial charge in [-0.2, -0.15) is 0 Å². The molecule has 0 atom stereocenters. The zero-order chi connectivity index (χ0) is 16.6. The molecule has 4 nitrogen and oxygen atoms in total. The Morgan fingerprint density at radius 3 is 1.00 bits per heavy atom. The van der Waals surface area contributed by atoms with E-state index in [1.54, 1.807) is 0 Å². The summed E-state index contributed by atoms with van der Waals surface area (Å²) in [6, 6.07) is 0. The van der Waals surface area contributed by atoms with Gasteiger partial charge in [0.05, 0.1) is 0 Å². The Balaban J connectivity index is 4.83. The Morgan fingerprint density at radius 2 is 0.850 bits per heavy atom. The zero-order valence-electron chi connectivity index (χ0n) is 8.41. The molecule has 0 saturated heterocycles. The first-order chi connectivity index (χ1) is 8.55. The molecule has 0 aromatic rings. The van der Waals surface area contributed by atoms with Crippen molar-refractivity contribution in [3.63, 3.8) is 0 Å². The summed E-state index contributed by atoms with van der Waals surface area (Å²) < 4.78 is 12.7. The highest BCUT2D eigenvalue weighted by Crippen LogP contribution is 2.46. The Hall–Kier alpha value is 1.12. The van der Waals surface area contributed by atoms with Gasteiger partial charge in [-0.25, -0.2) is 28.1 Å². The van der Waals surface area contributed by atoms with Crippen molar-refractivity contribution < 1.29 is 28.1 Å². The fourth-order valence-corrected chi connectivity index (χ4v) is 0.846. The van der Waals surface area contributed by atoms with Crippen molar-refractivity contribution in [2.45, 2.75) is 17.8 Å². The van der Waals surface area contributed by atoms with Gasteiger partial charge >= 0.3 is 21.1 Å². The van der Waals surface area contributed by atoms with Gasteiger partial charge in [0.15, 0.2) is 0 Å². The minimum atomic E-state index is -3.51. The van der Waals surface area contributed by atoms with Crippen LogP contribution in [0.1, 0.15) is 0 Å². The molecule has 0 aliphatic rings. The molecule has 0 fully saturated rings. The van der Waals surface area contributed by atoms with Gasteiger partial charge in [0, 0.05) is 0 Å². The third-order valence-electron chi connectivity index (χ3n) is 1.42. The van der Waals surface area contributed by atoms with Crippen molar-refractivity contribution in [3.8, 4) is 0 Å². The Kier molecular flexibility index (Phi) is 7.08. The lowest BCUT2D eigenvalue weighted by molar-refractivity contribution is -0.261. The third kappa shape index (κ3) is 4.81. The van der Waals surface area contributed by atoms with E-state index >= 15 is 0 Å². The molecular weight excluding hydrogens is 458 g/mol. The van der Waals surface area contributed by atoms with Crippen LogP contribution in [-0.2, 0) is 19.4 Å². The van der Waals surface area contributed by atoms with E-state index in [9.17, 15) is 18.4 Å². The monoisotopic (exact) mass is 454 g/mol. The van der Waals surface area contributed by atoms with Crippen molar-refractivity contribution in [1.82, 2.24) is 0 Å². The summed E-state index contributed by atoms with van der Waals surface area (Å²) in [5, 5.41) is 0. The standard InChI is InChI=1S/C6Cl8F2O4/c7-3(8,5(11,12)15)1(17)19-20-2(18)4(9,10)6(13,14)16. The summed E-state index contributed by atoms with van der Waals surface area (Å²) in [4.78, 5) is 29.7. The molecule has 0 spiro atoms. The quantitative estimate of drug-likeness (QED) is 0.353. The van der Waals surface area contributed by atoms with E-state index in [2.05, 4.69) is 9.78 Å². The molecule has 0 radical (unpaired) electrons. The van der Waals surface area contributed by atoms with Crippen LogP contribution in [0.25, 0.3) is 0 Å². The largest absolute Gasteiger partial charge is 0.397 e. The van der Waals surface area contributed by atoms with Gasteiger partial charge in [0.2, 0.25) is 0 Å². The molecule has 14 heteroatoms. The molecule has 0 bridgehead atoms. The van der Waals surface area contributed by atoms with Crippen LogP contribution in [0.5, 0.6) is 0 Å². The molecule has 0 heterocycles. The Bertz CT molecular complexity index is 363. The summed E-state index contributed by atoms with van der Waals surface area (Å²) in [6.45, 7) is 0. The second kappa shape index (κ2) is 6.71. The van der Waals surface area contributed by atoms with Crippen LogP contribution in [0.4, 0.5) is 8.78 Å². The number of halogens is 10. The topological polar surface area (TPSA) is 52.6 Å². The highest BCUT2D eigenvalue weighted by Gasteiger charge is 2.59. The fourth-order valence-electron chi connectivity index (χ4n) is 0.412. The average Bonchev–Trinajstić information content (AvgIpc) is 2.21. The number of rotatable bonds is 4. The lowest BCUT2D eigenvalue weighted by atomic mass is 10.4. The number of carbonyl (C=O) groups is 2. The van der Waals surface area contributed by atoms with Crippen LogP contribution in [0.3, 0.4) is 0 Å². The fraction of sp³-hybridized carbons (Fsp3) is 0.667. The molecule has 0 aliphatic carbocycles. The maximum Gasteiger partial charge on any atom is 0.397 e. The highest BCUT2D eigenvalue weighted by molar-refractivity contribution is 6.68. The van der Waals surface area contributed by atoms with Gasteiger partial charge in [-0.3, -0.25) is 0 Å². The second-order valence-electron chi connectivity index (χ2n) is 2.89. The summed E-state index contributed by atoms with van der Waals surface area (Å²) in [7, 11) is 0. The van der Waals surface area contributed by atoms with E-state index in [1.165, 1.54) is 0 Å². The van der Waals surface area contributed by atoms with Crippen molar-refractivity contribution in [1.29, 1.82) is 0 Å². The molecule has 0 aromatic heterocycles. The summed E-state index contributed by atoms with van der Waals surface area (Å²) in [6.07, 6.45) is 0. The number of alkyl halides is 10. The van der Waals surface area contributed by atoms with E-state index in [0.29, 0.717) is 0 Å². The minimum Gasteiger partial charge on any atom is -0.244 e. The van der Waals surface area contributed by atoms with Gasteiger partial charge < -0.3 is 0 Å². The van der Waals surface area contributed by atoms with Crippen molar-refractivity contribution >= 4 is 105 Å². The first-order valence-electron chi connectivity index (χ1n) is 3.87. The van der Waals surface area contributed by atoms with Crippen LogP contribution < -0.4 is 0 Å². The second-order valence-corrected chi connectivity index (χ2v) is 8.01. The van der Waals surface area contributed by atoms with E-state index in [1.807, 2.05) is 0 Å². The smallest absolute Gasteiger partial charge is 0.244 e. The first kappa shape index (κ1) is 21.1. The summed E-state index contributed by atoms with van der Waals surface area (Å²) in [5.74, 6) is -3.95. The highest BCUT2D eigenvalue weighted by atomic mass is 35.5. The summed E-state index contributed by atoms with van der Waals surface area (Å²) in [5.41, 5.74) is 0. The Morgan fingerprint density at radius 1 is 0.650 bits per heavy atom. The SMILES string of the molecule is O=C(OOC(=O)C(Cl)(Cl)C(F)(Cl)Cl)C(Cl)(Cl)C(F)(Cl)Cl. The first-order valence-corrected chi connectivity index (χ1v) is 6.90. The van der Waals surface area contributed by atoms with E-state index in [4.69, 9.17) is 92.8 Å². The molecule has 0 rings (SSSR count). The molecule has 0 N–H and O–H groups in total. The van der Waals surface area contributed by atoms with Crippen LogP contribution >= 0.6 is 92.8 Å². The molecular formula is C6Cl8F2O4. The maximum atomic E-state index is 13.0. The average molecular weight is 458 g/mol. The summed E-state index contributed by atoms with van der Waals surface area (Å²) >= 11 is 39.8. The lowest BCUT2D eigenvalue weighted by Gasteiger charge is -2.24. The number of hydrogen-bond acceptors (Lipinski definition) is 4. The molecule has 0 amide bonds. The Labute approximate surface area is 150 Å². The molecule has 0 aliphatic heterocycles. The predicted octanol–water partition coefficient (Wildman–Crippen LogP) is 4.54. The molecule has 118 valence electrons. The predicted molar refractivity (Wildman–Crippen MR) is 72.1 cm³/mol. The molecule has 0 saturated carbocycles. The van der Waals surface area contributed by atoms with Gasteiger partial charge in [-0.05, 0) is 0 Å². The minimum absolute atomic E-state index is 1.97. The molecule has 20 heavy (non-hydrogen) atoms. The van der Waals surface area contributed by atoms with Crippen LogP contribution in [0.2, 0.25) is 0 Å². The zero-order valence-corrected chi connectivity index (χ0v) is 14.5. The maximum absolute atomic E-state index is 13.0. The van der Waals surface area contributed by atoms with Crippen molar-refractivity contribution in [3.05, 3.63) is 0 Å². The third-order valence-corrected chi connectivity index (χ3v) is 4.98. The number of hydrogen-bond donors (Lipinski definition) is 0. The lowest BCUT2D eigenvalue weighted by Crippen LogP contribution is -2.45. The van der Waals surface area contributed by atoms with Crippen molar-refractivity contribution in [2.75, 3.05) is 0 Å². The number of carbonyl (C=O) groups excluding carboxylic acids is 2. The molecule has 0 aromatic carbocycles. The van der Waals surface area contributed by atoms with Crippen LogP contribution in [0, 0.1) is 0 Å². The van der Waals surface area contributed by atoms with E-state index < -0.39 is 29.8 Å². The van der Waals surface area contributed by atoms with Gasteiger partial charge in [0.25, 0.3) is 8.67 Å². The van der Waals surface area contributed by atoms with Gasteiger partial charge in [0.1, 0.15) is 0 Å². The molecule has 0 unspecified atom stereocenters. The van der Waals surface area contributed by atoms with Crippen LogP contribution in [-0.4, -0.2) is 29.8 Å². The van der Waals surface area contributed by atoms with E-state index in [-0.39, 0.29) is 0 Å². The van der Waals surface area contributed by atoms with Crippen molar-refractivity contribution in [2.24, 2.45) is 0 Å². The van der Waals surface area contributed by atoms with Gasteiger partial charge in [-0.15, -0.1) is 0 Å².